The van der Waals surface area contributed by atoms with E-state index in [0.717, 1.165) is 8.66 Å². The number of halogens is 3. The molecule has 0 aromatic carbocycles. The van der Waals surface area contributed by atoms with Gasteiger partial charge in [0.1, 0.15) is 0 Å². The maximum Gasteiger partial charge on any atom is 0.170 e. The number of hydrogen-bond acceptors (Lipinski definition) is 2. The standard InChI is InChI=1S/C8H5BrCl2OS/c9-8-7(11)3-6(13-8)2-1-5(12)4-10/h1-3H,4H2/b2-1+. The Bertz CT molecular complexity index is 326. The molecule has 0 bridgehead atoms. The van der Waals surface area contributed by atoms with Crippen molar-refractivity contribution in [2.24, 2.45) is 0 Å². The number of carbonyl (C=O) groups is 1. The maximum atomic E-state index is 10.8. The molecule has 0 spiro atoms. The third-order valence-electron chi connectivity index (χ3n) is 1.23. The number of thiophene rings is 1. The largest absolute Gasteiger partial charge is 0.294 e. The molecule has 1 aromatic heterocycles. The second-order valence-electron chi connectivity index (χ2n) is 2.20. The molecule has 0 aliphatic heterocycles. The fourth-order valence-electron chi connectivity index (χ4n) is 0.665. The van der Waals surface area contributed by atoms with Crippen molar-refractivity contribution in [2.45, 2.75) is 0 Å². The Kier molecular flexibility index (Phi) is 4.46. The minimum Gasteiger partial charge on any atom is -0.294 e. The summed E-state index contributed by atoms with van der Waals surface area (Å²) in [5.74, 6) is -0.0983. The minimum atomic E-state index is -0.109. The molecule has 0 atom stereocenters. The van der Waals surface area contributed by atoms with Gasteiger partial charge in [-0.25, -0.2) is 0 Å². The summed E-state index contributed by atoms with van der Waals surface area (Å²) >= 11 is 15.9. The molecule has 0 amide bonds. The van der Waals surface area contributed by atoms with Crippen LogP contribution in [0.5, 0.6) is 0 Å². The molecule has 70 valence electrons. The van der Waals surface area contributed by atoms with Gasteiger partial charge in [-0.3, -0.25) is 4.79 Å². The van der Waals surface area contributed by atoms with Crippen LogP contribution in [0.25, 0.3) is 6.08 Å². The Morgan fingerprint density at radius 3 is 2.85 bits per heavy atom. The lowest BCUT2D eigenvalue weighted by atomic mass is 10.3. The molecule has 1 nitrogen and oxygen atoms in total. The number of ketones is 1. The third kappa shape index (κ3) is 3.43. The van der Waals surface area contributed by atoms with Crippen LogP contribution in [0.15, 0.2) is 15.9 Å². The van der Waals surface area contributed by atoms with Gasteiger partial charge in [-0.1, -0.05) is 11.6 Å². The fraction of sp³-hybridized carbons (Fsp3) is 0.125. The molecule has 0 saturated heterocycles. The summed E-state index contributed by atoms with van der Waals surface area (Å²) in [5.41, 5.74) is 0. The zero-order valence-electron chi connectivity index (χ0n) is 6.39. The van der Waals surface area contributed by atoms with Crippen LogP contribution in [0.1, 0.15) is 4.88 Å². The van der Waals surface area contributed by atoms with Crippen molar-refractivity contribution in [3.05, 3.63) is 25.8 Å². The summed E-state index contributed by atoms with van der Waals surface area (Å²) in [6, 6.07) is 1.79. The first-order valence-corrected chi connectivity index (χ1v) is 5.87. The summed E-state index contributed by atoms with van der Waals surface area (Å²) < 4.78 is 0.868. The van der Waals surface area contributed by atoms with Gasteiger partial charge in [-0.15, -0.1) is 22.9 Å². The Hall–Kier alpha value is 0.170. The predicted molar refractivity (Wildman–Crippen MR) is 61.8 cm³/mol. The highest BCUT2D eigenvalue weighted by Gasteiger charge is 2.01. The van der Waals surface area contributed by atoms with Crippen LogP contribution in [0.2, 0.25) is 5.02 Å². The first-order valence-electron chi connectivity index (χ1n) is 3.35. The smallest absolute Gasteiger partial charge is 0.170 e. The SMILES string of the molecule is O=C(/C=C/c1cc(Cl)c(Br)s1)CCl. The average molecular weight is 300 g/mol. The highest BCUT2D eigenvalue weighted by atomic mass is 79.9. The summed E-state index contributed by atoms with van der Waals surface area (Å²) in [5, 5.41) is 0.656. The molecule has 0 unspecified atom stereocenters. The molecule has 0 aliphatic rings. The van der Waals surface area contributed by atoms with Gasteiger partial charge in [0.2, 0.25) is 0 Å². The van der Waals surface area contributed by atoms with E-state index in [1.165, 1.54) is 17.4 Å². The van der Waals surface area contributed by atoms with Crippen molar-refractivity contribution >= 4 is 62.3 Å². The molecule has 0 N–H and O–H groups in total. The highest BCUT2D eigenvalue weighted by Crippen LogP contribution is 2.32. The third-order valence-corrected chi connectivity index (χ3v) is 3.93. The van der Waals surface area contributed by atoms with Crippen LogP contribution in [0, 0.1) is 0 Å². The molecule has 1 aromatic rings. The Balaban J connectivity index is 2.74. The quantitative estimate of drug-likeness (QED) is 0.609. The lowest BCUT2D eigenvalue weighted by Crippen LogP contribution is -1.90. The minimum absolute atomic E-state index is 0.0107. The van der Waals surface area contributed by atoms with Crippen molar-refractivity contribution in [1.29, 1.82) is 0 Å². The second kappa shape index (κ2) is 5.15. The van der Waals surface area contributed by atoms with Crippen molar-refractivity contribution in [3.63, 3.8) is 0 Å². The summed E-state index contributed by atoms with van der Waals surface area (Å²) in [7, 11) is 0. The second-order valence-corrected chi connectivity index (χ2v) is 5.28. The van der Waals surface area contributed by atoms with E-state index in [1.54, 1.807) is 12.1 Å². The first kappa shape index (κ1) is 11.2. The summed E-state index contributed by atoms with van der Waals surface area (Å²) in [6.07, 6.45) is 3.15. The van der Waals surface area contributed by atoms with Gasteiger partial charge in [-0.05, 0) is 34.1 Å². The Labute approximate surface area is 98.5 Å². The van der Waals surface area contributed by atoms with E-state index in [1.807, 2.05) is 0 Å². The van der Waals surface area contributed by atoms with Crippen LogP contribution < -0.4 is 0 Å². The number of hydrogen-bond donors (Lipinski definition) is 0. The zero-order chi connectivity index (χ0) is 9.84. The van der Waals surface area contributed by atoms with Crippen molar-refractivity contribution in [1.82, 2.24) is 0 Å². The van der Waals surface area contributed by atoms with Gasteiger partial charge < -0.3 is 0 Å². The predicted octanol–water partition coefficient (Wildman–Crippen LogP) is 3.99. The van der Waals surface area contributed by atoms with E-state index in [-0.39, 0.29) is 11.7 Å². The Morgan fingerprint density at radius 1 is 1.69 bits per heavy atom. The number of rotatable bonds is 3. The van der Waals surface area contributed by atoms with Gasteiger partial charge >= 0.3 is 0 Å². The van der Waals surface area contributed by atoms with Crippen LogP contribution in [0.4, 0.5) is 0 Å². The molecule has 0 saturated carbocycles. The zero-order valence-corrected chi connectivity index (χ0v) is 10.3. The van der Waals surface area contributed by atoms with Gasteiger partial charge in [0.05, 0.1) is 14.7 Å². The molecule has 0 fully saturated rings. The van der Waals surface area contributed by atoms with Crippen molar-refractivity contribution < 1.29 is 4.79 Å². The van der Waals surface area contributed by atoms with E-state index in [9.17, 15) is 4.79 Å². The lowest BCUT2D eigenvalue weighted by Gasteiger charge is -1.82. The van der Waals surface area contributed by atoms with E-state index in [0.29, 0.717) is 5.02 Å². The van der Waals surface area contributed by atoms with E-state index >= 15 is 0 Å². The van der Waals surface area contributed by atoms with Gasteiger partial charge in [0, 0.05) is 4.88 Å². The van der Waals surface area contributed by atoms with E-state index in [2.05, 4.69) is 15.9 Å². The molecule has 1 heterocycles. The van der Waals surface area contributed by atoms with Crippen LogP contribution in [0.3, 0.4) is 0 Å². The van der Waals surface area contributed by atoms with Gasteiger partial charge in [-0.2, -0.15) is 0 Å². The van der Waals surface area contributed by atoms with Crippen LogP contribution in [-0.2, 0) is 4.79 Å². The van der Waals surface area contributed by atoms with Gasteiger partial charge in [0.15, 0.2) is 5.78 Å². The molecule has 5 heteroatoms. The normalized spacial score (nSPS) is 11.0. The molecule has 0 radical (unpaired) electrons. The maximum absolute atomic E-state index is 10.8. The van der Waals surface area contributed by atoms with Gasteiger partial charge in [0.25, 0.3) is 0 Å². The monoisotopic (exact) mass is 298 g/mol. The molecule has 0 aliphatic carbocycles. The number of carbonyl (C=O) groups excluding carboxylic acids is 1. The number of allylic oxidation sites excluding steroid dienone is 1. The van der Waals surface area contributed by atoms with Crippen LogP contribution in [-0.4, -0.2) is 11.7 Å². The first-order chi connectivity index (χ1) is 6.13. The fourth-order valence-corrected chi connectivity index (χ4v) is 2.40. The summed E-state index contributed by atoms with van der Waals surface area (Å²) in [6.45, 7) is 0. The molecular weight excluding hydrogens is 295 g/mol. The topological polar surface area (TPSA) is 17.1 Å². The summed E-state index contributed by atoms with van der Waals surface area (Å²) in [4.78, 5) is 11.7. The van der Waals surface area contributed by atoms with E-state index in [4.69, 9.17) is 23.2 Å². The molecule has 13 heavy (non-hydrogen) atoms. The van der Waals surface area contributed by atoms with Crippen molar-refractivity contribution in [2.75, 3.05) is 5.88 Å². The lowest BCUT2D eigenvalue weighted by molar-refractivity contribution is -0.112. The number of alkyl halides is 1. The van der Waals surface area contributed by atoms with Crippen LogP contribution >= 0.6 is 50.5 Å². The average Bonchev–Trinajstić information content (AvgIpc) is 2.42. The molecular formula is C8H5BrCl2OS. The highest BCUT2D eigenvalue weighted by molar-refractivity contribution is 9.11. The molecule has 1 rings (SSSR count). The van der Waals surface area contributed by atoms with E-state index < -0.39 is 0 Å². The van der Waals surface area contributed by atoms with Crippen molar-refractivity contribution in [3.8, 4) is 0 Å². The Morgan fingerprint density at radius 2 is 2.38 bits per heavy atom.